The highest BCUT2D eigenvalue weighted by Gasteiger charge is 2.18. The molecule has 1 aromatic carbocycles. The van der Waals surface area contributed by atoms with Crippen molar-refractivity contribution < 1.29 is 14.5 Å². The van der Waals surface area contributed by atoms with Crippen molar-refractivity contribution in [1.82, 2.24) is 10.6 Å². The van der Waals surface area contributed by atoms with E-state index in [1.807, 2.05) is 0 Å². The molecule has 0 aliphatic carbocycles. The first kappa shape index (κ1) is 22.3. The Kier molecular flexibility index (Phi) is 9.19. The average Bonchev–Trinajstić information content (AvgIpc) is 2.59. The van der Waals surface area contributed by atoms with Gasteiger partial charge in [0.1, 0.15) is 5.57 Å². The highest BCUT2D eigenvalue weighted by atomic mass is 16.6. The molecule has 0 aliphatic rings. The van der Waals surface area contributed by atoms with E-state index in [1.165, 1.54) is 30.3 Å². The van der Waals surface area contributed by atoms with Crippen LogP contribution in [0.15, 0.2) is 29.8 Å². The molecule has 0 unspecified atom stereocenters. The van der Waals surface area contributed by atoms with Gasteiger partial charge in [-0.3, -0.25) is 19.7 Å². The number of nitro groups is 1. The lowest BCUT2D eigenvalue weighted by Crippen LogP contribution is -2.36. The summed E-state index contributed by atoms with van der Waals surface area (Å²) in [5.41, 5.74) is 0.501. The number of nitro benzene ring substituents is 1. The van der Waals surface area contributed by atoms with Crippen LogP contribution in [0.3, 0.4) is 0 Å². The summed E-state index contributed by atoms with van der Waals surface area (Å²) < 4.78 is 0. The number of carbonyl (C=O) groups is 2. The van der Waals surface area contributed by atoms with Gasteiger partial charge in [-0.1, -0.05) is 27.7 Å². The van der Waals surface area contributed by atoms with E-state index in [1.54, 1.807) is 0 Å². The summed E-state index contributed by atoms with van der Waals surface area (Å²) in [6.45, 7) is 9.17. The van der Waals surface area contributed by atoms with Gasteiger partial charge in [-0.05, 0) is 48.4 Å². The first-order valence-corrected chi connectivity index (χ1v) is 9.23. The fourth-order valence-electron chi connectivity index (χ4n) is 2.23. The summed E-state index contributed by atoms with van der Waals surface area (Å²) in [5.74, 6) is -0.0216. The topological polar surface area (TPSA) is 101 Å². The molecule has 0 heterocycles. The maximum atomic E-state index is 12.5. The number of nitrogens with zero attached hydrogens (tertiary/aromatic N) is 1. The fraction of sp³-hybridized carbons (Fsp3) is 0.500. The van der Waals surface area contributed by atoms with Gasteiger partial charge in [0.05, 0.1) is 4.92 Å². The molecule has 1 aromatic rings. The molecule has 1 rings (SSSR count). The third kappa shape index (κ3) is 8.48. The molecule has 2 N–H and O–H groups in total. The SMILES string of the molecule is CC(C)CCNC(=O)C(=Cc1ccc([N+](=O)[O-])cc1)C(=O)NCCC(C)C. The third-order valence-electron chi connectivity index (χ3n) is 3.92. The highest BCUT2D eigenvalue weighted by Crippen LogP contribution is 2.15. The predicted octanol–water partition coefficient (Wildman–Crippen LogP) is 3.30. The zero-order valence-corrected chi connectivity index (χ0v) is 16.5. The maximum Gasteiger partial charge on any atom is 0.269 e. The number of non-ortho nitro benzene ring substituents is 1. The van der Waals surface area contributed by atoms with Crippen molar-refractivity contribution in [3.05, 3.63) is 45.5 Å². The molecule has 2 amide bonds. The molecule has 0 fully saturated rings. The van der Waals surface area contributed by atoms with E-state index in [2.05, 4.69) is 38.3 Å². The van der Waals surface area contributed by atoms with Crippen LogP contribution in [0.1, 0.15) is 46.1 Å². The van der Waals surface area contributed by atoms with Crippen molar-refractivity contribution in [2.24, 2.45) is 11.8 Å². The Balaban J connectivity index is 2.95. The van der Waals surface area contributed by atoms with E-state index < -0.39 is 16.7 Å². The molecule has 0 radical (unpaired) electrons. The van der Waals surface area contributed by atoms with E-state index in [0.29, 0.717) is 30.5 Å². The van der Waals surface area contributed by atoms with Gasteiger partial charge in [0.25, 0.3) is 17.5 Å². The Morgan fingerprint density at radius 2 is 1.41 bits per heavy atom. The lowest BCUT2D eigenvalue weighted by atomic mass is 10.1. The Morgan fingerprint density at radius 3 is 1.78 bits per heavy atom. The highest BCUT2D eigenvalue weighted by molar-refractivity contribution is 6.21. The van der Waals surface area contributed by atoms with Crippen molar-refractivity contribution in [3.8, 4) is 0 Å². The van der Waals surface area contributed by atoms with Gasteiger partial charge in [-0.15, -0.1) is 0 Å². The molecule has 7 nitrogen and oxygen atoms in total. The van der Waals surface area contributed by atoms with Gasteiger partial charge in [-0.25, -0.2) is 0 Å². The number of hydrogen-bond donors (Lipinski definition) is 2. The minimum atomic E-state index is -0.494. The van der Waals surface area contributed by atoms with E-state index in [4.69, 9.17) is 0 Å². The normalized spacial score (nSPS) is 10.6. The Morgan fingerprint density at radius 1 is 0.963 bits per heavy atom. The van der Waals surface area contributed by atoms with Gasteiger partial charge in [0.15, 0.2) is 0 Å². The van der Waals surface area contributed by atoms with Crippen LogP contribution in [0.4, 0.5) is 5.69 Å². The van der Waals surface area contributed by atoms with Gasteiger partial charge in [-0.2, -0.15) is 0 Å². The summed E-state index contributed by atoms with van der Waals surface area (Å²) in [5, 5.41) is 16.3. The summed E-state index contributed by atoms with van der Waals surface area (Å²) >= 11 is 0. The number of hydrogen-bond acceptors (Lipinski definition) is 4. The monoisotopic (exact) mass is 375 g/mol. The number of carbonyl (C=O) groups excluding carboxylic acids is 2. The van der Waals surface area contributed by atoms with E-state index in [-0.39, 0.29) is 11.3 Å². The van der Waals surface area contributed by atoms with Gasteiger partial charge >= 0.3 is 0 Å². The van der Waals surface area contributed by atoms with E-state index in [0.717, 1.165) is 12.8 Å². The largest absolute Gasteiger partial charge is 0.352 e. The quantitative estimate of drug-likeness (QED) is 0.215. The first-order chi connectivity index (χ1) is 12.7. The van der Waals surface area contributed by atoms with Gasteiger partial charge < -0.3 is 10.6 Å². The molecule has 148 valence electrons. The lowest BCUT2D eigenvalue weighted by Gasteiger charge is -2.12. The van der Waals surface area contributed by atoms with Crippen LogP contribution in [0.2, 0.25) is 0 Å². The molecule has 7 heteroatoms. The minimum Gasteiger partial charge on any atom is -0.352 e. The minimum absolute atomic E-state index is 0.00337. The molecule has 0 saturated carbocycles. The van der Waals surface area contributed by atoms with Crippen LogP contribution in [0, 0.1) is 22.0 Å². The van der Waals surface area contributed by atoms with Crippen molar-refractivity contribution in [1.29, 1.82) is 0 Å². The zero-order valence-electron chi connectivity index (χ0n) is 16.5. The molecule has 0 bridgehead atoms. The number of amides is 2. The Labute approximate surface area is 160 Å². The molecule has 0 saturated heterocycles. The van der Waals surface area contributed by atoms with Crippen molar-refractivity contribution in [2.75, 3.05) is 13.1 Å². The second-order valence-corrected chi connectivity index (χ2v) is 7.28. The summed E-state index contributed by atoms with van der Waals surface area (Å²) in [4.78, 5) is 35.3. The number of benzene rings is 1. The second-order valence-electron chi connectivity index (χ2n) is 7.28. The number of rotatable bonds is 10. The zero-order chi connectivity index (χ0) is 20.4. The molecule has 0 atom stereocenters. The van der Waals surface area contributed by atoms with Crippen LogP contribution in [0.5, 0.6) is 0 Å². The lowest BCUT2D eigenvalue weighted by molar-refractivity contribution is -0.384. The second kappa shape index (κ2) is 11.1. The molecule has 0 aromatic heterocycles. The van der Waals surface area contributed by atoms with E-state index >= 15 is 0 Å². The molecule has 0 spiro atoms. The molecular formula is C20H29N3O4. The molecule has 27 heavy (non-hydrogen) atoms. The molecule has 0 aliphatic heterocycles. The van der Waals surface area contributed by atoms with Crippen molar-refractivity contribution in [3.63, 3.8) is 0 Å². The number of nitrogens with one attached hydrogen (secondary N) is 2. The van der Waals surface area contributed by atoms with Crippen LogP contribution in [0.25, 0.3) is 6.08 Å². The smallest absolute Gasteiger partial charge is 0.269 e. The van der Waals surface area contributed by atoms with Crippen molar-refractivity contribution in [2.45, 2.75) is 40.5 Å². The standard InChI is InChI=1S/C20H29N3O4/c1-14(2)9-11-21-19(24)18(20(25)22-12-10-15(3)4)13-16-5-7-17(8-6-16)23(26)27/h5-8,13-15H,9-12H2,1-4H3,(H,21,24)(H,22,25). The predicted molar refractivity (Wildman–Crippen MR) is 106 cm³/mol. The Bertz CT molecular complexity index is 651. The van der Waals surface area contributed by atoms with Gasteiger partial charge in [0, 0.05) is 25.2 Å². The van der Waals surface area contributed by atoms with Crippen LogP contribution in [-0.2, 0) is 9.59 Å². The maximum absolute atomic E-state index is 12.5. The van der Waals surface area contributed by atoms with Gasteiger partial charge in [0.2, 0.25) is 0 Å². The van der Waals surface area contributed by atoms with Crippen molar-refractivity contribution >= 4 is 23.6 Å². The van der Waals surface area contributed by atoms with E-state index in [9.17, 15) is 19.7 Å². The average molecular weight is 375 g/mol. The summed E-state index contributed by atoms with van der Waals surface area (Å²) in [6, 6.07) is 5.72. The van der Waals surface area contributed by atoms with Crippen LogP contribution >= 0.6 is 0 Å². The van der Waals surface area contributed by atoms with Crippen LogP contribution < -0.4 is 10.6 Å². The summed E-state index contributed by atoms with van der Waals surface area (Å²) in [6.07, 6.45) is 3.08. The van der Waals surface area contributed by atoms with Crippen LogP contribution in [-0.4, -0.2) is 29.8 Å². The fourth-order valence-corrected chi connectivity index (χ4v) is 2.23. The first-order valence-electron chi connectivity index (χ1n) is 9.23. The Hall–Kier alpha value is -2.70. The third-order valence-corrected chi connectivity index (χ3v) is 3.92. The summed E-state index contributed by atoms with van der Waals surface area (Å²) in [7, 11) is 0. The molecular weight excluding hydrogens is 346 g/mol.